The quantitative estimate of drug-likeness (QED) is 0.840. The molecule has 0 radical (unpaired) electrons. The Bertz CT molecular complexity index is 533. The van der Waals surface area contributed by atoms with Crippen LogP contribution in [-0.2, 0) is 12.8 Å². The second kappa shape index (κ2) is 6.10. The van der Waals surface area contributed by atoms with Gasteiger partial charge in [-0.15, -0.1) is 11.3 Å². The molecule has 2 heterocycles. The highest BCUT2D eigenvalue weighted by Crippen LogP contribution is 2.32. The monoisotopic (exact) mass is 290 g/mol. The first-order valence-corrected chi connectivity index (χ1v) is 8.38. The van der Waals surface area contributed by atoms with Crippen molar-refractivity contribution >= 4 is 17.2 Å². The molecule has 0 saturated carbocycles. The van der Waals surface area contributed by atoms with Gasteiger partial charge in [-0.2, -0.15) is 0 Å². The van der Waals surface area contributed by atoms with Gasteiger partial charge >= 0.3 is 0 Å². The first kappa shape index (κ1) is 13.8. The standard InChI is InChI=1S/C16H22N2OS/c1-11-2-3-13-14(10-20-15(13)8-11)16(19)18-9-12-4-6-17-7-5-12/h4,10-11,17H,2-3,5-9H2,1H3,(H,18,19). The summed E-state index contributed by atoms with van der Waals surface area (Å²) in [4.78, 5) is 13.8. The summed E-state index contributed by atoms with van der Waals surface area (Å²) in [6.07, 6.45) is 6.65. The third-order valence-electron chi connectivity index (χ3n) is 4.28. The number of thiophene rings is 1. The summed E-state index contributed by atoms with van der Waals surface area (Å²) in [5.41, 5.74) is 3.58. The molecule has 1 aliphatic heterocycles. The van der Waals surface area contributed by atoms with Crippen LogP contribution in [0.2, 0.25) is 0 Å². The van der Waals surface area contributed by atoms with Crippen LogP contribution >= 0.6 is 11.3 Å². The minimum absolute atomic E-state index is 0.108. The molecule has 4 heteroatoms. The van der Waals surface area contributed by atoms with E-state index in [-0.39, 0.29) is 5.91 Å². The van der Waals surface area contributed by atoms with Gasteiger partial charge in [0.2, 0.25) is 0 Å². The predicted octanol–water partition coefficient (Wildman–Crippen LogP) is 2.52. The average Bonchev–Trinajstić information content (AvgIpc) is 2.89. The van der Waals surface area contributed by atoms with E-state index in [4.69, 9.17) is 0 Å². The van der Waals surface area contributed by atoms with Crippen molar-refractivity contribution in [2.24, 2.45) is 5.92 Å². The number of carbonyl (C=O) groups excluding carboxylic acids is 1. The summed E-state index contributed by atoms with van der Waals surface area (Å²) >= 11 is 1.76. The third-order valence-corrected chi connectivity index (χ3v) is 5.33. The topological polar surface area (TPSA) is 41.1 Å². The van der Waals surface area contributed by atoms with Crippen LogP contribution in [0.15, 0.2) is 17.0 Å². The van der Waals surface area contributed by atoms with Gasteiger partial charge in [-0.1, -0.05) is 18.6 Å². The molecule has 3 nitrogen and oxygen atoms in total. The fourth-order valence-electron chi connectivity index (χ4n) is 2.99. The maximum Gasteiger partial charge on any atom is 0.252 e. The Kier molecular flexibility index (Phi) is 4.22. The number of amides is 1. The van der Waals surface area contributed by atoms with Crippen LogP contribution in [0.25, 0.3) is 0 Å². The first-order valence-electron chi connectivity index (χ1n) is 7.50. The molecule has 0 spiro atoms. The van der Waals surface area contributed by atoms with E-state index in [2.05, 4.69) is 29.0 Å². The van der Waals surface area contributed by atoms with Crippen LogP contribution < -0.4 is 10.6 Å². The summed E-state index contributed by atoms with van der Waals surface area (Å²) in [7, 11) is 0. The van der Waals surface area contributed by atoms with E-state index in [1.165, 1.54) is 22.4 Å². The number of rotatable bonds is 3. The van der Waals surface area contributed by atoms with Gasteiger partial charge in [0.05, 0.1) is 5.56 Å². The van der Waals surface area contributed by atoms with Crippen LogP contribution in [0, 0.1) is 5.92 Å². The van der Waals surface area contributed by atoms with E-state index < -0.39 is 0 Å². The Hall–Kier alpha value is -1.13. The zero-order valence-electron chi connectivity index (χ0n) is 12.0. The lowest BCUT2D eigenvalue weighted by Gasteiger charge is -2.19. The number of nitrogens with one attached hydrogen (secondary N) is 2. The fraction of sp³-hybridized carbons (Fsp3) is 0.562. The third kappa shape index (κ3) is 2.96. The Morgan fingerprint density at radius 3 is 3.20 bits per heavy atom. The van der Waals surface area contributed by atoms with Crippen molar-refractivity contribution in [3.8, 4) is 0 Å². The molecule has 108 valence electrons. The van der Waals surface area contributed by atoms with E-state index in [0.717, 1.165) is 43.8 Å². The lowest BCUT2D eigenvalue weighted by molar-refractivity contribution is 0.0956. The van der Waals surface area contributed by atoms with Gasteiger partial charge in [-0.25, -0.2) is 0 Å². The molecule has 1 amide bonds. The molecule has 3 rings (SSSR count). The summed E-state index contributed by atoms with van der Waals surface area (Å²) in [6, 6.07) is 0. The lowest BCUT2D eigenvalue weighted by atomic mass is 9.88. The maximum atomic E-state index is 12.4. The van der Waals surface area contributed by atoms with Gasteiger partial charge < -0.3 is 10.6 Å². The van der Waals surface area contributed by atoms with E-state index >= 15 is 0 Å². The van der Waals surface area contributed by atoms with Crippen molar-refractivity contribution in [2.45, 2.75) is 32.6 Å². The first-order chi connectivity index (χ1) is 9.74. The summed E-state index contributed by atoms with van der Waals surface area (Å²) in [5, 5.41) is 8.43. The van der Waals surface area contributed by atoms with Crippen LogP contribution in [0.4, 0.5) is 0 Å². The predicted molar refractivity (Wildman–Crippen MR) is 83.4 cm³/mol. The molecule has 0 bridgehead atoms. The molecule has 1 aliphatic carbocycles. The lowest BCUT2D eigenvalue weighted by Crippen LogP contribution is -2.30. The largest absolute Gasteiger partial charge is 0.348 e. The van der Waals surface area contributed by atoms with E-state index in [9.17, 15) is 4.79 Å². The summed E-state index contributed by atoms with van der Waals surface area (Å²) in [5.74, 6) is 0.869. The zero-order chi connectivity index (χ0) is 13.9. The Morgan fingerprint density at radius 2 is 2.40 bits per heavy atom. The smallest absolute Gasteiger partial charge is 0.252 e. The van der Waals surface area contributed by atoms with Crippen LogP contribution in [-0.4, -0.2) is 25.5 Å². The molecular weight excluding hydrogens is 268 g/mol. The average molecular weight is 290 g/mol. The highest BCUT2D eigenvalue weighted by atomic mass is 32.1. The SMILES string of the molecule is CC1CCc2c(C(=O)NCC3=CCNCC3)csc2C1. The van der Waals surface area contributed by atoms with Crippen molar-refractivity contribution in [3.63, 3.8) is 0 Å². The van der Waals surface area contributed by atoms with Crippen LogP contribution in [0.1, 0.15) is 40.6 Å². The Balaban J connectivity index is 1.64. The number of hydrogen-bond acceptors (Lipinski definition) is 3. The Morgan fingerprint density at radius 1 is 1.50 bits per heavy atom. The van der Waals surface area contributed by atoms with Crippen molar-refractivity contribution in [1.29, 1.82) is 0 Å². The van der Waals surface area contributed by atoms with Gasteiger partial charge in [0.15, 0.2) is 0 Å². The van der Waals surface area contributed by atoms with Crippen molar-refractivity contribution in [1.82, 2.24) is 10.6 Å². The molecule has 0 aromatic carbocycles. The molecule has 1 aromatic heterocycles. The highest BCUT2D eigenvalue weighted by molar-refractivity contribution is 7.10. The minimum atomic E-state index is 0.108. The number of hydrogen-bond donors (Lipinski definition) is 2. The molecule has 20 heavy (non-hydrogen) atoms. The normalized spacial score (nSPS) is 22.1. The maximum absolute atomic E-state index is 12.4. The highest BCUT2D eigenvalue weighted by Gasteiger charge is 2.23. The van der Waals surface area contributed by atoms with Gasteiger partial charge in [0.25, 0.3) is 5.91 Å². The molecule has 2 aliphatic rings. The molecule has 1 atom stereocenters. The van der Waals surface area contributed by atoms with Gasteiger partial charge in [-0.3, -0.25) is 4.79 Å². The molecule has 1 aromatic rings. The van der Waals surface area contributed by atoms with Gasteiger partial charge in [0.1, 0.15) is 0 Å². The zero-order valence-corrected chi connectivity index (χ0v) is 12.8. The number of fused-ring (bicyclic) bond motifs is 1. The minimum Gasteiger partial charge on any atom is -0.348 e. The second-order valence-electron chi connectivity index (χ2n) is 5.90. The molecule has 1 unspecified atom stereocenters. The van der Waals surface area contributed by atoms with Gasteiger partial charge in [-0.05, 0) is 43.7 Å². The summed E-state index contributed by atoms with van der Waals surface area (Å²) < 4.78 is 0. The van der Waals surface area contributed by atoms with Crippen LogP contribution in [0.3, 0.4) is 0 Å². The van der Waals surface area contributed by atoms with E-state index in [0.29, 0.717) is 6.54 Å². The van der Waals surface area contributed by atoms with Crippen LogP contribution in [0.5, 0.6) is 0 Å². The fourth-order valence-corrected chi connectivity index (χ4v) is 4.23. The molecule has 2 N–H and O–H groups in total. The molecular formula is C16H22N2OS. The van der Waals surface area contributed by atoms with Crippen molar-refractivity contribution in [3.05, 3.63) is 33.0 Å². The second-order valence-corrected chi connectivity index (χ2v) is 6.86. The molecule has 0 fully saturated rings. The van der Waals surface area contributed by atoms with E-state index in [1.807, 2.05) is 0 Å². The van der Waals surface area contributed by atoms with Crippen molar-refractivity contribution < 1.29 is 4.79 Å². The number of carbonyl (C=O) groups is 1. The van der Waals surface area contributed by atoms with E-state index in [1.54, 1.807) is 11.3 Å². The van der Waals surface area contributed by atoms with Crippen molar-refractivity contribution in [2.75, 3.05) is 19.6 Å². The summed E-state index contributed by atoms with van der Waals surface area (Å²) in [6.45, 7) is 4.94. The van der Waals surface area contributed by atoms with Gasteiger partial charge in [0, 0.05) is 23.3 Å². The Labute approximate surface area is 124 Å². The molecule has 0 saturated heterocycles.